The minimum atomic E-state index is -0.587. The molecule has 2 aromatic carbocycles. The summed E-state index contributed by atoms with van der Waals surface area (Å²) in [5, 5.41) is 28.9. The second kappa shape index (κ2) is 9.09. The topological polar surface area (TPSA) is 96.2 Å². The number of carbonyl (C=O) groups is 1. The molecule has 0 unspecified atom stereocenters. The van der Waals surface area contributed by atoms with Crippen molar-refractivity contribution in [2.45, 2.75) is 12.5 Å². The third-order valence-electron chi connectivity index (χ3n) is 3.56. The fourth-order valence-corrected chi connectivity index (χ4v) is 2.51. The van der Waals surface area contributed by atoms with E-state index in [9.17, 15) is 20.1 Å². The van der Waals surface area contributed by atoms with Crippen molar-refractivity contribution in [1.29, 1.82) is 0 Å². The van der Waals surface area contributed by atoms with E-state index in [1.807, 2.05) is 0 Å². The molecule has 0 aliphatic carbocycles. The molecule has 120 valence electrons. The van der Waals surface area contributed by atoms with Crippen LogP contribution in [-0.4, -0.2) is 117 Å². The summed E-state index contributed by atoms with van der Waals surface area (Å²) < 4.78 is 10.8. The van der Waals surface area contributed by atoms with Crippen LogP contribution in [0.15, 0.2) is 30.3 Å². The van der Waals surface area contributed by atoms with E-state index < -0.39 is 6.10 Å². The van der Waals surface area contributed by atoms with E-state index in [0.717, 1.165) is 6.07 Å². The van der Waals surface area contributed by atoms with E-state index >= 15 is 0 Å². The number of rotatable bonds is 2. The molecule has 1 heterocycles. The molecule has 1 aliphatic rings. The van der Waals surface area contributed by atoms with Gasteiger partial charge in [-0.1, -0.05) is 6.07 Å². The van der Waals surface area contributed by atoms with E-state index in [0.29, 0.717) is 5.56 Å². The minimum absolute atomic E-state index is 0. The number of benzene rings is 2. The number of ether oxygens (including phenoxy) is 2. The fraction of sp³-hybridized carbons (Fsp3) is 0.188. The Morgan fingerprint density at radius 2 is 1.83 bits per heavy atom. The Labute approximate surface area is 211 Å². The number of Topliss-reactive ketones (excluding diaryl/α,β-unsaturated/α-hetero) is 1. The Balaban J connectivity index is 0.00000144. The van der Waals surface area contributed by atoms with Gasteiger partial charge in [-0.15, -0.1) is 0 Å². The zero-order valence-electron chi connectivity index (χ0n) is 11.7. The van der Waals surface area contributed by atoms with Crippen LogP contribution in [0.5, 0.6) is 28.7 Å². The van der Waals surface area contributed by atoms with Crippen LogP contribution in [0.3, 0.4) is 0 Å². The normalized spacial score (nSPS) is 15.4. The molecule has 6 nitrogen and oxygen atoms in total. The van der Waals surface area contributed by atoms with Gasteiger partial charge in [0.05, 0.1) is 13.5 Å². The zero-order chi connectivity index (χ0) is 15.9. The second-order valence-corrected chi connectivity index (χ2v) is 5.00. The molecule has 3 rings (SSSR count). The molecule has 1 aliphatic heterocycles. The Morgan fingerprint density at radius 3 is 2.50 bits per heavy atom. The van der Waals surface area contributed by atoms with Gasteiger partial charge < -0.3 is 24.8 Å². The molecule has 3 N–H and O–H groups in total. The summed E-state index contributed by atoms with van der Waals surface area (Å²) in [6, 6.07) is 7.06. The van der Waals surface area contributed by atoms with Crippen LogP contribution in [0, 0.1) is 0 Å². The van der Waals surface area contributed by atoms with Gasteiger partial charge in [-0.3, -0.25) is 4.79 Å². The van der Waals surface area contributed by atoms with Gasteiger partial charge in [0.15, 0.2) is 17.3 Å². The number of fused-ring (bicyclic) bond motifs is 1. The first kappa shape index (κ1) is 22.0. The third kappa shape index (κ3) is 4.39. The van der Waals surface area contributed by atoms with Crippen LogP contribution in [0.2, 0.25) is 0 Å². The van der Waals surface area contributed by atoms with Gasteiger partial charge in [-0.05, 0) is 17.7 Å². The molecule has 0 spiro atoms. The molecule has 2 aromatic rings. The molecular formula is C16H17CaKO6. The first-order valence-electron chi connectivity index (χ1n) is 6.62. The summed E-state index contributed by atoms with van der Waals surface area (Å²) in [5.74, 6) is -0.376. The number of carbonyl (C=O) groups excluding carboxylic acids is 1. The Morgan fingerprint density at radius 1 is 1.12 bits per heavy atom. The Bertz CT molecular complexity index is 764. The summed E-state index contributed by atoms with van der Waals surface area (Å²) in [5.41, 5.74) is 0.719. The van der Waals surface area contributed by atoms with Crippen LogP contribution in [-0.2, 0) is 0 Å². The van der Waals surface area contributed by atoms with Crippen molar-refractivity contribution in [3.63, 3.8) is 0 Å². The molecule has 0 amide bonds. The van der Waals surface area contributed by atoms with E-state index in [2.05, 4.69) is 0 Å². The molecule has 0 fully saturated rings. The number of phenolic OH excluding ortho intramolecular Hbond substituents is 3. The van der Waals surface area contributed by atoms with Crippen LogP contribution < -0.4 is 9.47 Å². The monoisotopic (exact) mass is 384 g/mol. The van der Waals surface area contributed by atoms with Crippen molar-refractivity contribution in [2.75, 3.05) is 7.11 Å². The van der Waals surface area contributed by atoms with Crippen LogP contribution in [0.1, 0.15) is 28.4 Å². The van der Waals surface area contributed by atoms with E-state index in [1.165, 1.54) is 19.2 Å². The predicted octanol–water partition coefficient (Wildman–Crippen LogP) is 0.954. The quantitative estimate of drug-likeness (QED) is 0.668. The number of phenols is 3. The first-order chi connectivity index (χ1) is 10.5. The molecule has 0 radical (unpaired) electrons. The molecule has 8 heteroatoms. The number of ketones is 1. The predicted molar refractivity (Wildman–Crippen MR) is 92.4 cm³/mol. The average Bonchev–Trinajstić information content (AvgIpc) is 2.46. The molecular weight excluding hydrogens is 367 g/mol. The molecule has 0 bridgehead atoms. The van der Waals surface area contributed by atoms with E-state index in [4.69, 9.17) is 9.47 Å². The van der Waals surface area contributed by atoms with Crippen molar-refractivity contribution in [3.05, 3.63) is 41.5 Å². The maximum atomic E-state index is 12.2. The van der Waals surface area contributed by atoms with Gasteiger partial charge in [-0.25, -0.2) is 0 Å². The molecule has 1 atom stereocenters. The van der Waals surface area contributed by atoms with E-state index in [-0.39, 0.29) is 136 Å². The average molecular weight is 384 g/mol. The molecule has 0 saturated heterocycles. The van der Waals surface area contributed by atoms with Gasteiger partial charge in [-0.2, -0.15) is 0 Å². The van der Waals surface area contributed by atoms with Gasteiger partial charge >= 0.3 is 89.1 Å². The van der Waals surface area contributed by atoms with Crippen LogP contribution in [0.25, 0.3) is 0 Å². The van der Waals surface area contributed by atoms with Crippen molar-refractivity contribution in [3.8, 4) is 28.7 Å². The van der Waals surface area contributed by atoms with Gasteiger partial charge in [0.2, 0.25) is 0 Å². The number of hydrogen-bond donors (Lipinski definition) is 3. The third-order valence-corrected chi connectivity index (χ3v) is 3.56. The second-order valence-electron chi connectivity index (χ2n) is 5.00. The van der Waals surface area contributed by atoms with E-state index in [1.54, 1.807) is 12.1 Å². The number of methoxy groups -OCH3 is 1. The summed E-state index contributed by atoms with van der Waals surface area (Å²) in [7, 11) is 1.43. The standard InChI is InChI=1S/C16H14O6.Ca.K.3H/c1-21-14-4-8(2-3-10(14)18)13-7-12(20)16-11(19)5-9(17)6-15(16)22-13;;;;;/h2-6,13,17-19H,7H2,1H3;;;;;/t13-;;;;;/m0...../s1. The SMILES string of the molecule is COc1cc([C@@H]2CC(=O)c3c(O)cc(O)cc3O2)ccc1O.[CaH2].[KH]. The summed E-state index contributed by atoms with van der Waals surface area (Å²) in [4.78, 5) is 12.2. The molecule has 0 saturated carbocycles. The van der Waals surface area contributed by atoms with Crippen LogP contribution >= 0.6 is 0 Å². The molecule has 24 heavy (non-hydrogen) atoms. The zero-order valence-corrected chi connectivity index (χ0v) is 11.7. The fourth-order valence-electron chi connectivity index (χ4n) is 2.51. The Kier molecular flexibility index (Phi) is 8.35. The number of aromatic hydroxyl groups is 3. The van der Waals surface area contributed by atoms with Gasteiger partial charge in [0, 0.05) is 12.1 Å². The Hall–Kier alpha value is 0.00610. The van der Waals surface area contributed by atoms with Crippen molar-refractivity contribution in [2.24, 2.45) is 0 Å². The number of hydrogen-bond acceptors (Lipinski definition) is 6. The summed E-state index contributed by atoms with van der Waals surface area (Å²) in [6.45, 7) is 0. The van der Waals surface area contributed by atoms with Crippen molar-refractivity contribution >= 4 is 94.9 Å². The van der Waals surface area contributed by atoms with Crippen LogP contribution in [0.4, 0.5) is 0 Å². The first-order valence-corrected chi connectivity index (χ1v) is 6.62. The van der Waals surface area contributed by atoms with Gasteiger partial charge in [0.1, 0.15) is 28.9 Å². The summed E-state index contributed by atoms with van der Waals surface area (Å²) in [6.07, 6.45) is -0.546. The van der Waals surface area contributed by atoms with Crippen molar-refractivity contribution in [1.82, 2.24) is 0 Å². The summed E-state index contributed by atoms with van der Waals surface area (Å²) >= 11 is 0. The van der Waals surface area contributed by atoms with Crippen molar-refractivity contribution < 1.29 is 29.6 Å². The maximum absolute atomic E-state index is 12.2. The van der Waals surface area contributed by atoms with Gasteiger partial charge in [0.25, 0.3) is 0 Å². The molecule has 0 aromatic heterocycles.